The monoisotopic (exact) mass is 351 g/mol. The summed E-state index contributed by atoms with van der Waals surface area (Å²) in [4.78, 5) is 26.1. The van der Waals surface area contributed by atoms with E-state index in [2.05, 4.69) is 4.74 Å². The Morgan fingerprint density at radius 3 is 2.36 bits per heavy atom. The predicted molar refractivity (Wildman–Crippen MR) is 91.1 cm³/mol. The van der Waals surface area contributed by atoms with Crippen LogP contribution in [0.15, 0.2) is 18.2 Å². The maximum absolute atomic E-state index is 13.0. The fourth-order valence-corrected chi connectivity index (χ4v) is 2.75. The first-order valence-corrected chi connectivity index (χ1v) is 8.28. The molecule has 138 valence electrons. The van der Waals surface area contributed by atoms with Gasteiger partial charge in [-0.2, -0.15) is 0 Å². The summed E-state index contributed by atoms with van der Waals surface area (Å²) < 4.78 is 20.8. The number of methoxy groups -OCH3 is 3. The highest BCUT2D eigenvalue weighted by Crippen LogP contribution is 2.24. The molecule has 2 rings (SSSR count). The van der Waals surface area contributed by atoms with E-state index in [0.29, 0.717) is 30.2 Å². The molecule has 0 aromatic heterocycles. The number of hydrogen-bond donors (Lipinski definition) is 0. The van der Waals surface area contributed by atoms with Crippen LogP contribution in [0, 0.1) is 0 Å². The summed E-state index contributed by atoms with van der Waals surface area (Å²) in [5.74, 6) is 0.519. The Bertz CT molecular complexity index is 575. The molecule has 0 bridgehead atoms. The van der Waals surface area contributed by atoms with E-state index in [9.17, 15) is 9.59 Å². The minimum atomic E-state index is -0.353. The molecule has 1 aromatic rings. The first-order valence-electron chi connectivity index (χ1n) is 8.28. The minimum Gasteiger partial charge on any atom is -0.497 e. The molecule has 1 aromatic carbocycles. The van der Waals surface area contributed by atoms with E-state index in [-0.39, 0.29) is 30.9 Å². The fraction of sp³-hybridized carbons (Fsp3) is 0.556. The van der Waals surface area contributed by atoms with Gasteiger partial charge in [-0.05, 0) is 25.0 Å². The summed E-state index contributed by atoms with van der Waals surface area (Å²) in [5.41, 5.74) is 0.444. The number of rotatable bonds is 8. The Balaban J connectivity index is 2.18. The zero-order valence-electron chi connectivity index (χ0n) is 14.9. The molecule has 0 spiro atoms. The van der Waals surface area contributed by atoms with Crippen LogP contribution in [0.5, 0.6) is 11.5 Å². The number of carbonyl (C=O) groups excluding carboxylic acids is 2. The van der Waals surface area contributed by atoms with E-state index in [1.54, 1.807) is 23.1 Å². The van der Waals surface area contributed by atoms with Gasteiger partial charge in [0.05, 0.1) is 33.9 Å². The van der Waals surface area contributed by atoms with Gasteiger partial charge in [-0.3, -0.25) is 9.59 Å². The van der Waals surface area contributed by atoms with Crippen molar-refractivity contribution in [2.75, 3.05) is 41.0 Å². The van der Waals surface area contributed by atoms with Crippen LogP contribution in [0.3, 0.4) is 0 Å². The standard InChI is InChI=1S/C18H25NO6/c1-22-15-9-13(10-16(11-15)23-2)18(21)19(7-6-17(20)24-3)12-14-5-4-8-25-14/h9-11,14H,4-8,12H2,1-3H3. The van der Waals surface area contributed by atoms with Crippen molar-refractivity contribution in [1.82, 2.24) is 4.90 Å². The molecule has 1 amide bonds. The van der Waals surface area contributed by atoms with Crippen molar-refractivity contribution in [2.45, 2.75) is 25.4 Å². The van der Waals surface area contributed by atoms with Crippen LogP contribution < -0.4 is 9.47 Å². The first kappa shape index (κ1) is 19.1. The van der Waals surface area contributed by atoms with Gasteiger partial charge in [-0.1, -0.05) is 0 Å². The average molecular weight is 351 g/mol. The number of nitrogens with zero attached hydrogens (tertiary/aromatic N) is 1. The summed E-state index contributed by atoms with van der Waals surface area (Å²) in [7, 11) is 4.40. The molecule has 1 fully saturated rings. The van der Waals surface area contributed by atoms with Crippen LogP contribution in [0.25, 0.3) is 0 Å². The lowest BCUT2D eigenvalue weighted by atomic mass is 10.1. The first-order chi connectivity index (χ1) is 12.1. The highest BCUT2D eigenvalue weighted by atomic mass is 16.5. The highest BCUT2D eigenvalue weighted by molar-refractivity contribution is 5.95. The quantitative estimate of drug-likeness (QED) is 0.666. The van der Waals surface area contributed by atoms with Crippen molar-refractivity contribution in [3.63, 3.8) is 0 Å². The van der Waals surface area contributed by atoms with Gasteiger partial charge in [0.25, 0.3) is 5.91 Å². The topological polar surface area (TPSA) is 74.3 Å². The van der Waals surface area contributed by atoms with Gasteiger partial charge in [0, 0.05) is 31.3 Å². The van der Waals surface area contributed by atoms with Gasteiger partial charge in [0.2, 0.25) is 0 Å². The van der Waals surface area contributed by atoms with E-state index >= 15 is 0 Å². The van der Waals surface area contributed by atoms with Gasteiger partial charge < -0.3 is 23.8 Å². The van der Waals surface area contributed by atoms with Gasteiger partial charge in [-0.15, -0.1) is 0 Å². The molecular formula is C18H25NO6. The third-order valence-electron chi connectivity index (χ3n) is 4.15. The molecule has 25 heavy (non-hydrogen) atoms. The molecule has 0 N–H and O–H groups in total. The summed E-state index contributed by atoms with van der Waals surface area (Å²) in [6.45, 7) is 1.41. The number of esters is 1. The van der Waals surface area contributed by atoms with Gasteiger partial charge >= 0.3 is 5.97 Å². The molecule has 7 nitrogen and oxygen atoms in total. The Morgan fingerprint density at radius 1 is 1.16 bits per heavy atom. The summed E-state index contributed by atoms with van der Waals surface area (Å²) >= 11 is 0. The maximum atomic E-state index is 13.0. The van der Waals surface area contributed by atoms with Crippen molar-refractivity contribution < 1.29 is 28.5 Å². The Morgan fingerprint density at radius 2 is 1.84 bits per heavy atom. The minimum absolute atomic E-state index is 0.00546. The molecule has 0 saturated carbocycles. The Kier molecular flexibility index (Phi) is 7.06. The van der Waals surface area contributed by atoms with E-state index in [1.807, 2.05) is 0 Å². The lowest BCUT2D eigenvalue weighted by Crippen LogP contribution is -2.39. The second kappa shape index (κ2) is 9.27. The molecule has 1 heterocycles. The van der Waals surface area contributed by atoms with Crippen molar-refractivity contribution >= 4 is 11.9 Å². The van der Waals surface area contributed by atoms with Crippen molar-refractivity contribution in [1.29, 1.82) is 0 Å². The van der Waals surface area contributed by atoms with Crippen LogP contribution in [-0.4, -0.2) is 63.9 Å². The second-order valence-electron chi connectivity index (χ2n) is 5.81. The molecule has 1 aliphatic rings. The van der Waals surface area contributed by atoms with Crippen molar-refractivity contribution in [3.8, 4) is 11.5 Å². The van der Waals surface area contributed by atoms with E-state index in [0.717, 1.165) is 12.8 Å². The highest BCUT2D eigenvalue weighted by Gasteiger charge is 2.24. The molecule has 1 atom stereocenters. The average Bonchev–Trinajstić information content (AvgIpc) is 3.16. The summed E-state index contributed by atoms with van der Waals surface area (Å²) in [6.07, 6.45) is 2.02. The van der Waals surface area contributed by atoms with Gasteiger partial charge in [-0.25, -0.2) is 0 Å². The van der Waals surface area contributed by atoms with Crippen LogP contribution in [0.1, 0.15) is 29.6 Å². The molecular weight excluding hydrogens is 326 g/mol. The largest absolute Gasteiger partial charge is 0.497 e. The SMILES string of the molecule is COC(=O)CCN(CC1CCCO1)C(=O)c1cc(OC)cc(OC)c1. The van der Waals surface area contributed by atoms with Crippen LogP contribution >= 0.6 is 0 Å². The Hall–Kier alpha value is -2.28. The van der Waals surface area contributed by atoms with E-state index < -0.39 is 0 Å². The smallest absolute Gasteiger partial charge is 0.307 e. The molecule has 1 aliphatic heterocycles. The third-order valence-corrected chi connectivity index (χ3v) is 4.15. The maximum Gasteiger partial charge on any atom is 0.307 e. The third kappa shape index (κ3) is 5.35. The number of ether oxygens (including phenoxy) is 4. The summed E-state index contributed by atoms with van der Waals surface area (Å²) in [6, 6.07) is 5.02. The van der Waals surface area contributed by atoms with Crippen LogP contribution in [-0.2, 0) is 14.3 Å². The van der Waals surface area contributed by atoms with Gasteiger partial charge in [0.15, 0.2) is 0 Å². The van der Waals surface area contributed by atoms with E-state index in [1.165, 1.54) is 21.3 Å². The fourth-order valence-electron chi connectivity index (χ4n) is 2.75. The zero-order valence-corrected chi connectivity index (χ0v) is 14.9. The molecule has 1 unspecified atom stereocenters. The predicted octanol–water partition coefficient (Wildman–Crippen LogP) is 1.89. The van der Waals surface area contributed by atoms with Crippen molar-refractivity contribution in [2.24, 2.45) is 0 Å². The number of hydrogen-bond acceptors (Lipinski definition) is 6. The number of carbonyl (C=O) groups is 2. The molecule has 1 saturated heterocycles. The zero-order chi connectivity index (χ0) is 18.2. The van der Waals surface area contributed by atoms with Gasteiger partial charge in [0.1, 0.15) is 11.5 Å². The summed E-state index contributed by atoms with van der Waals surface area (Å²) in [5, 5.41) is 0. The lowest BCUT2D eigenvalue weighted by Gasteiger charge is -2.25. The van der Waals surface area contributed by atoms with Crippen molar-refractivity contribution in [3.05, 3.63) is 23.8 Å². The van der Waals surface area contributed by atoms with Crippen LogP contribution in [0.2, 0.25) is 0 Å². The molecule has 7 heteroatoms. The number of benzene rings is 1. The lowest BCUT2D eigenvalue weighted by molar-refractivity contribution is -0.140. The molecule has 0 radical (unpaired) electrons. The van der Waals surface area contributed by atoms with E-state index in [4.69, 9.17) is 14.2 Å². The number of amides is 1. The normalized spacial score (nSPS) is 16.4. The Labute approximate surface area is 147 Å². The van der Waals surface area contributed by atoms with Crippen LogP contribution in [0.4, 0.5) is 0 Å². The molecule has 0 aliphatic carbocycles. The second-order valence-corrected chi connectivity index (χ2v) is 5.81.